The summed E-state index contributed by atoms with van der Waals surface area (Å²) in [6, 6.07) is 15.1. The van der Waals surface area contributed by atoms with Gasteiger partial charge in [0.15, 0.2) is 0 Å². The molecule has 29 heavy (non-hydrogen) atoms. The maximum absolute atomic E-state index is 13.1. The summed E-state index contributed by atoms with van der Waals surface area (Å²) >= 11 is 0. The number of aromatic nitrogens is 2. The zero-order valence-electron chi connectivity index (χ0n) is 16.8. The zero-order valence-corrected chi connectivity index (χ0v) is 16.8. The average Bonchev–Trinajstić information content (AvgIpc) is 3.26. The fourth-order valence-electron chi connectivity index (χ4n) is 3.91. The number of para-hydroxylation sites is 1. The van der Waals surface area contributed by atoms with Crippen LogP contribution in [0.4, 0.5) is 0 Å². The molecule has 0 saturated carbocycles. The quantitative estimate of drug-likeness (QED) is 0.663. The normalized spacial score (nSPS) is 15.9. The van der Waals surface area contributed by atoms with Crippen LogP contribution in [0.5, 0.6) is 5.75 Å². The summed E-state index contributed by atoms with van der Waals surface area (Å²) in [5, 5.41) is 17.7. The molecule has 1 atom stereocenters. The van der Waals surface area contributed by atoms with E-state index in [1.807, 2.05) is 12.1 Å². The first kappa shape index (κ1) is 19.2. The van der Waals surface area contributed by atoms with Crippen molar-refractivity contribution in [3.63, 3.8) is 0 Å². The summed E-state index contributed by atoms with van der Waals surface area (Å²) in [7, 11) is 1.63. The standard InChI is InChI=1S/C23H25N3O3/c1-14(2)15-8-10-16(11-9-15)22-19-20(17-6-4-5-7-18(17)27)24-25-21(19)23(28)26(22)12-13-29-3/h4-11,14,22,27H,12-13H2,1-3H3,(H,24,25)/t22-/m0/s1. The lowest BCUT2D eigenvalue weighted by Crippen LogP contribution is -2.32. The Kier molecular flexibility index (Phi) is 5.11. The first-order valence-corrected chi connectivity index (χ1v) is 9.79. The number of nitrogens with one attached hydrogen (secondary N) is 1. The van der Waals surface area contributed by atoms with E-state index in [0.717, 1.165) is 11.1 Å². The van der Waals surface area contributed by atoms with Crippen molar-refractivity contribution in [1.29, 1.82) is 0 Å². The molecule has 0 fully saturated rings. The molecule has 6 nitrogen and oxygen atoms in total. The Morgan fingerprint density at radius 3 is 2.55 bits per heavy atom. The highest BCUT2D eigenvalue weighted by atomic mass is 16.5. The highest BCUT2D eigenvalue weighted by molar-refractivity contribution is 6.00. The van der Waals surface area contributed by atoms with E-state index < -0.39 is 0 Å². The minimum atomic E-state index is -0.290. The number of hydrogen-bond acceptors (Lipinski definition) is 4. The predicted molar refractivity (Wildman–Crippen MR) is 111 cm³/mol. The number of carbonyl (C=O) groups excluding carboxylic acids is 1. The van der Waals surface area contributed by atoms with E-state index in [1.165, 1.54) is 5.56 Å². The SMILES string of the molecule is COCCN1C(=O)c2[nH]nc(-c3ccccc3O)c2[C@@H]1c1ccc(C(C)C)cc1. The second kappa shape index (κ2) is 7.72. The number of phenols is 1. The molecule has 0 saturated heterocycles. The molecule has 0 bridgehead atoms. The van der Waals surface area contributed by atoms with E-state index in [-0.39, 0.29) is 17.7 Å². The molecular weight excluding hydrogens is 366 g/mol. The van der Waals surface area contributed by atoms with Crippen LogP contribution in [0.1, 0.15) is 53.0 Å². The highest BCUT2D eigenvalue weighted by Gasteiger charge is 2.42. The Hall–Kier alpha value is -3.12. The summed E-state index contributed by atoms with van der Waals surface area (Å²) in [5.41, 5.74) is 4.73. The van der Waals surface area contributed by atoms with Crippen LogP contribution < -0.4 is 0 Å². The van der Waals surface area contributed by atoms with E-state index in [0.29, 0.717) is 36.0 Å². The van der Waals surface area contributed by atoms with Gasteiger partial charge in [-0.05, 0) is 29.2 Å². The molecule has 6 heteroatoms. The van der Waals surface area contributed by atoms with Gasteiger partial charge >= 0.3 is 0 Å². The van der Waals surface area contributed by atoms with Crippen molar-refractivity contribution >= 4 is 5.91 Å². The smallest absolute Gasteiger partial charge is 0.273 e. The molecule has 4 rings (SSSR count). The minimum Gasteiger partial charge on any atom is -0.507 e. The lowest BCUT2D eigenvalue weighted by molar-refractivity contribution is 0.0677. The number of amides is 1. The van der Waals surface area contributed by atoms with Gasteiger partial charge in [-0.3, -0.25) is 9.89 Å². The van der Waals surface area contributed by atoms with E-state index >= 15 is 0 Å². The molecule has 1 aliphatic rings. The summed E-state index contributed by atoms with van der Waals surface area (Å²) < 4.78 is 5.24. The molecule has 1 aliphatic heterocycles. The number of ether oxygens (including phenoxy) is 1. The zero-order chi connectivity index (χ0) is 20.5. The van der Waals surface area contributed by atoms with Crippen molar-refractivity contribution in [1.82, 2.24) is 15.1 Å². The Morgan fingerprint density at radius 2 is 1.90 bits per heavy atom. The molecule has 0 radical (unpaired) electrons. The maximum Gasteiger partial charge on any atom is 0.273 e. The number of hydrogen-bond donors (Lipinski definition) is 2. The van der Waals surface area contributed by atoms with Crippen LogP contribution in [-0.4, -0.2) is 46.4 Å². The number of H-pyrrole nitrogens is 1. The summed E-state index contributed by atoms with van der Waals surface area (Å²) in [4.78, 5) is 14.9. The number of aromatic hydroxyl groups is 1. The van der Waals surface area contributed by atoms with Crippen LogP contribution in [0.2, 0.25) is 0 Å². The molecule has 150 valence electrons. The Bertz CT molecular complexity index is 1020. The van der Waals surface area contributed by atoms with Crippen LogP contribution in [0, 0.1) is 0 Å². The van der Waals surface area contributed by atoms with E-state index in [9.17, 15) is 9.90 Å². The number of rotatable bonds is 6. The largest absolute Gasteiger partial charge is 0.507 e. The summed E-state index contributed by atoms with van der Waals surface area (Å²) in [6.45, 7) is 5.22. The molecule has 1 aromatic heterocycles. The molecule has 2 N–H and O–H groups in total. The predicted octanol–water partition coefficient (Wildman–Crippen LogP) is 4.10. The topological polar surface area (TPSA) is 78.5 Å². The van der Waals surface area contributed by atoms with Crippen molar-refractivity contribution in [2.75, 3.05) is 20.3 Å². The van der Waals surface area contributed by atoms with Crippen LogP contribution in [-0.2, 0) is 4.74 Å². The highest BCUT2D eigenvalue weighted by Crippen LogP contribution is 2.44. The van der Waals surface area contributed by atoms with Crippen molar-refractivity contribution in [2.45, 2.75) is 25.8 Å². The first-order valence-electron chi connectivity index (χ1n) is 9.79. The number of fused-ring (bicyclic) bond motifs is 1. The molecule has 2 heterocycles. The van der Waals surface area contributed by atoms with E-state index in [4.69, 9.17) is 4.74 Å². The van der Waals surface area contributed by atoms with Crippen molar-refractivity contribution in [3.05, 3.63) is 70.9 Å². The molecule has 1 amide bonds. The molecule has 0 spiro atoms. The summed E-state index contributed by atoms with van der Waals surface area (Å²) in [6.07, 6.45) is 0. The number of benzene rings is 2. The number of nitrogens with zero attached hydrogens (tertiary/aromatic N) is 2. The molecule has 0 unspecified atom stereocenters. The number of carbonyl (C=O) groups is 1. The number of phenolic OH excluding ortho intramolecular Hbond substituents is 1. The van der Waals surface area contributed by atoms with Gasteiger partial charge in [0.1, 0.15) is 17.1 Å². The van der Waals surface area contributed by atoms with Gasteiger partial charge in [-0.1, -0.05) is 50.2 Å². The second-order valence-electron chi connectivity index (χ2n) is 7.59. The Morgan fingerprint density at radius 1 is 1.17 bits per heavy atom. The third kappa shape index (κ3) is 3.29. The van der Waals surface area contributed by atoms with E-state index in [2.05, 4.69) is 48.3 Å². The van der Waals surface area contributed by atoms with Gasteiger partial charge in [0.2, 0.25) is 0 Å². The third-order valence-corrected chi connectivity index (χ3v) is 5.48. The first-order chi connectivity index (χ1) is 14.0. The van der Waals surface area contributed by atoms with Gasteiger partial charge < -0.3 is 14.7 Å². The average molecular weight is 391 g/mol. The molecular formula is C23H25N3O3. The van der Waals surface area contributed by atoms with Gasteiger partial charge in [-0.25, -0.2) is 0 Å². The Labute approximate surface area is 170 Å². The number of methoxy groups -OCH3 is 1. The Balaban J connectivity index is 1.85. The minimum absolute atomic E-state index is 0.107. The van der Waals surface area contributed by atoms with Crippen LogP contribution >= 0.6 is 0 Å². The maximum atomic E-state index is 13.1. The second-order valence-corrected chi connectivity index (χ2v) is 7.59. The van der Waals surface area contributed by atoms with Gasteiger partial charge in [0.05, 0.1) is 12.6 Å². The van der Waals surface area contributed by atoms with Gasteiger partial charge in [-0.15, -0.1) is 0 Å². The van der Waals surface area contributed by atoms with Gasteiger partial charge in [0, 0.05) is 24.8 Å². The van der Waals surface area contributed by atoms with Crippen molar-refractivity contribution in [3.8, 4) is 17.0 Å². The molecule has 2 aromatic carbocycles. The molecule has 0 aliphatic carbocycles. The van der Waals surface area contributed by atoms with Gasteiger partial charge in [-0.2, -0.15) is 5.10 Å². The lowest BCUT2D eigenvalue weighted by atomic mass is 9.93. The fraction of sp³-hybridized carbons (Fsp3) is 0.304. The fourth-order valence-corrected chi connectivity index (χ4v) is 3.91. The van der Waals surface area contributed by atoms with Crippen LogP contribution in [0.3, 0.4) is 0 Å². The summed E-state index contributed by atoms with van der Waals surface area (Å²) in [5.74, 6) is 0.461. The van der Waals surface area contributed by atoms with Crippen molar-refractivity contribution < 1.29 is 14.6 Å². The van der Waals surface area contributed by atoms with Crippen molar-refractivity contribution in [2.24, 2.45) is 0 Å². The number of aromatic amines is 1. The third-order valence-electron chi connectivity index (χ3n) is 5.48. The van der Waals surface area contributed by atoms with Crippen LogP contribution in [0.15, 0.2) is 48.5 Å². The van der Waals surface area contributed by atoms with Crippen LogP contribution in [0.25, 0.3) is 11.3 Å². The molecule has 3 aromatic rings. The van der Waals surface area contributed by atoms with Gasteiger partial charge in [0.25, 0.3) is 5.91 Å². The lowest BCUT2D eigenvalue weighted by Gasteiger charge is -2.26. The van der Waals surface area contributed by atoms with E-state index in [1.54, 1.807) is 24.1 Å². The monoisotopic (exact) mass is 391 g/mol.